The molecule has 0 fully saturated rings. The zero-order chi connectivity index (χ0) is 22.4. The first-order valence-corrected chi connectivity index (χ1v) is 10.4. The minimum absolute atomic E-state index is 0.0223. The van der Waals surface area contributed by atoms with Gasteiger partial charge < -0.3 is 15.0 Å². The van der Waals surface area contributed by atoms with Crippen molar-refractivity contribution < 1.29 is 19.1 Å². The molecule has 1 amide bonds. The largest absolute Gasteiger partial charge is 0.481 e. The predicted octanol–water partition coefficient (Wildman–Crippen LogP) is 5.26. The van der Waals surface area contributed by atoms with Gasteiger partial charge in [0.1, 0.15) is 11.5 Å². The van der Waals surface area contributed by atoms with Gasteiger partial charge in [0.25, 0.3) is 5.91 Å². The maximum atomic E-state index is 14.2. The number of rotatable bonds is 9. The molecule has 0 spiro atoms. The molecule has 0 aliphatic carbocycles. The van der Waals surface area contributed by atoms with E-state index >= 15 is 0 Å². The van der Waals surface area contributed by atoms with Gasteiger partial charge in [-0.2, -0.15) is 0 Å². The summed E-state index contributed by atoms with van der Waals surface area (Å²) in [6, 6.07) is 18.0. The summed E-state index contributed by atoms with van der Waals surface area (Å²) in [6.07, 6.45) is 2.49. The average Bonchev–Trinajstić information content (AvgIpc) is 3.15. The highest BCUT2D eigenvalue weighted by Crippen LogP contribution is 2.22. The van der Waals surface area contributed by atoms with Gasteiger partial charge in [0.2, 0.25) is 0 Å². The molecule has 0 saturated carbocycles. The van der Waals surface area contributed by atoms with E-state index in [4.69, 9.17) is 5.11 Å². The second-order valence-electron chi connectivity index (χ2n) is 7.85. The van der Waals surface area contributed by atoms with Crippen LogP contribution in [0.25, 0.3) is 0 Å². The molecule has 0 atom stereocenters. The van der Waals surface area contributed by atoms with E-state index in [1.54, 1.807) is 6.07 Å². The number of hydrogen-bond donors (Lipinski definition) is 2. The van der Waals surface area contributed by atoms with E-state index in [1.165, 1.54) is 23.8 Å². The number of halogens is 1. The molecule has 0 aliphatic rings. The summed E-state index contributed by atoms with van der Waals surface area (Å²) in [5.41, 5.74) is 3.18. The van der Waals surface area contributed by atoms with Crippen molar-refractivity contribution in [3.05, 3.63) is 89.0 Å². The Balaban J connectivity index is 1.75. The van der Waals surface area contributed by atoms with Gasteiger partial charge >= 0.3 is 5.97 Å². The standard InChI is InChI=1S/C25H27FN2O3/c1-17(2)28-20(10-6-9-18-7-4-3-5-8-18)12-14-23(28)25(31)27-22-15-19(16-24(29)30)11-13-21(22)26/h3-5,7-8,11-15,17H,6,9-10,16H2,1-2H3,(H,27,31)(H,29,30). The van der Waals surface area contributed by atoms with Crippen LogP contribution in [0, 0.1) is 5.82 Å². The zero-order valence-electron chi connectivity index (χ0n) is 17.8. The molecule has 3 rings (SSSR count). The molecule has 1 aromatic heterocycles. The maximum absolute atomic E-state index is 14.2. The van der Waals surface area contributed by atoms with Crippen LogP contribution in [-0.4, -0.2) is 21.6 Å². The summed E-state index contributed by atoms with van der Waals surface area (Å²) in [5.74, 6) is -2.04. The van der Waals surface area contributed by atoms with Gasteiger partial charge in [-0.1, -0.05) is 36.4 Å². The first kappa shape index (κ1) is 22.3. The van der Waals surface area contributed by atoms with E-state index in [9.17, 15) is 14.0 Å². The average molecular weight is 423 g/mol. The van der Waals surface area contributed by atoms with Crippen LogP contribution in [-0.2, 0) is 24.1 Å². The third kappa shape index (κ3) is 5.81. The molecule has 0 aliphatic heterocycles. The number of benzene rings is 2. The number of amides is 1. The lowest BCUT2D eigenvalue weighted by Gasteiger charge is -2.17. The van der Waals surface area contributed by atoms with E-state index in [0.717, 1.165) is 25.0 Å². The van der Waals surface area contributed by atoms with Crippen molar-refractivity contribution in [3.8, 4) is 0 Å². The first-order chi connectivity index (χ1) is 14.8. The van der Waals surface area contributed by atoms with Crippen LogP contribution in [0.3, 0.4) is 0 Å². The molecule has 162 valence electrons. The normalized spacial score (nSPS) is 11.0. The lowest BCUT2D eigenvalue weighted by molar-refractivity contribution is -0.136. The molecule has 6 heteroatoms. The van der Waals surface area contributed by atoms with E-state index in [0.29, 0.717) is 11.3 Å². The van der Waals surface area contributed by atoms with Gasteiger partial charge in [0.05, 0.1) is 12.1 Å². The highest BCUT2D eigenvalue weighted by atomic mass is 19.1. The summed E-state index contributed by atoms with van der Waals surface area (Å²) in [5, 5.41) is 11.5. The highest BCUT2D eigenvalue weighted by Gasteiger charge is 2.18. The summed E-state index contributed by atoms with van der Waals surface area (Å²) < 4.78 is 16.2. The van der Waals surface area contributed by atoms with Crippen LogP contribution in [0.1, 0.15) is 53.6 Å². The Morgan fingerprint density at radius 1 is 1.00 bits per heavy atom. The first-order valence-electron chi connectivity index (χ1n) is 10.4. The van der Waals surface area contributed by atoms with Gasteiger partial charge in [0.15, 0.2) is 0 Å². The van der Waals surface area contributed by atoms with Crippen LogP contribution in [0.4, 0.5) is 10.1 Å². The number of carbonyl (C=O) groups excluding carboxylic acids is 1. The molecule has 2 aromatic carbocycles. The SMILES string of the molecule is CC(C)n1c(CCCc2ccccc2)ccc1C(=O)Nc1cc(CC(=O)O)ccc1F. The molecule has 1 heterocycles. The van der Waals surface area contributed by atoms with Crippen molar-refractivity contribution in [1.82, 2.24) is 4.57 Å². The Morgan fingerprint density at radius 2 is 1.74 bits per heavy atom. The van der Waals surface area contributed by atoms with Gasteiger partial charge in [-0.15, -0.1) is 0 Å². The fourth-order valence-electron chi connectivity index (χ4n) is 3.75. The number of aromatic nitrogens is 1. The summed E-state index contributed by atoms with van der Waals surface area (Å²) >= 11 is 0. The molecule has 0 radical (unpaired) electrons. The van der Waals surface area contributed by atoms with Crippen molar-refractivity contribution in [2.24, 2.45) is 0 Å². The third-order valence-corrected chi connectivity index (χ3v) is 5.13. The zero-order valence-corrected chi connectivity index (χ0v) is 17.8. The summed E-state index contributed by atoms with van der Waals surface area (Å²) in [6.45, 7) is 4.01. The number of carboxylic acids is 1. The van der Waals surface area contributed by atoms with E-state index in [1.807, 2.05) is 42.7 Å². The van der Waals surface area contributed by atoms with E-state index in [-0.39, 0.29) is 18.2 Å². The Bertz CT molecular complexity index is 1060. The lowest BCUT2D eigenvalue weighted by Crippen LogP contribution is -2.20. The number of nitrogens with zero attached hydrogens (tertiary/aromatic N) is 1. The monoisotopic (exact) mass is 422 g/mol. The van der Waals surface area contributed by atoms with Gasteiger partial charge in [-0.05, 0) is 68.5 Å². The number of carboxylic acid groups (broad SMARTS) is 1. The van der Waals surface area contributed by atoms with Gasteiger partial charge in [0, 0.05) is 11.7 Å². The molecule has 0 bridgehead atoms. The van der Waals surface area contributed by atoms with Crippen LogP contribution in [0.15, 0.2) is 60.7 Å². The second-order valence-corrected chi connectivity index (χ2v) is 7.85. The number of carbonyl (C=O) groups is 2. The quantitative estimate of drug-likeness (QED) is 0.494. The summed E-state index contributed by atoms with van der Waals surface area (Å²) in [7, 11) is 0. The number of nitrogens with one attached hydrogen (secondary N) is 1. The van der Waals surface area contributed by atoms with Crippen LogP contribution in [0.5, 0.6) is 0 Å². The number of anilines is 1. The Hall–Kier alpha value is -3.41. The number of aryl methyl sites for hydroxylation is 2. The molecule has 5 nitrogen and oxygen atoms in total. The molecular formula is C25H27FN2O3. The Kier molecular flexibility index (Phi) is 7.23. The number of aliphatic carboxylic acids is 1. The van der Waals surface area contributed by atoms with Gasteiger partial charge in [-0.25, -0.2) is 4.39 Å². The fraction of sp³-hybridized carbons (Fsp3) is 0.280. The minimum Gasteiger partial charge on any atom is -0.481 e. The smallest absolute Gasteiger partial charge is 0.307 e. The van der Waals surface area contributed by atoms with Crippen molar-refractivity contribution in [2.75, 3.05) is 5.32 Å². The molecule has 2 N–H and O–H groups in total. The highest BCUT2D eigenvalue weighted by molar-refractivity contribution is 6.03. The van der Waals surface area contributed by atoms with Crippen molar-refractivity contribution >= 4 is 17.6 Å². The third-order valence-electron chi connectivity index (χ3n) is 5.13. The predicted molar refractivity (Wildman–Crippen MR) is 119 cm³/mol. The lowest BCUT2D eigenvalue weighted by atomic mass is 10.1. The fourth-order valence-corrected chi connectivity index (χ4v) is 3.75. The minimum atomic E-state index is -1.02. The van der Waals surface area contributed by atoms with E-state index < -0.39 is 17.7 Å². The van der Waals surface area contributed by atoms with Gasteiger partial charge in [-0.3, -0.25) is 9.59 Å². The van der Waals surface area contributed by atoms with Crippen LogP contribution in [0.2, 0.25) is 0 Å². The molecule has 31 heavy (non-hydrogen) atoms. The topological polar surface area (TPSA) is 71.3 Å². The molecular weight excluding hydrogens is 395 g/mol. The maximum Gasteiger partial charge on any atom is 0.307 e. The molecule has 0 saturated heterocycles. The van der Waals surface area contributed by atoms with Crippen molar-refractivity contribution in [1.29, 1.82) is 0 Å². The number of hydrogen-bond acceptors (Lipinski definition) is 2. The van der Waals surface area contributed by atoms with Crippen LogP contribution >= 0.6 is 0 Å². The van der Waals surface area contributed by atoms with Crippen molar-refractivity contribution in [3.63, 3.8) is 0 Å². The van der Waals surface area contributed by atoms with Crippen molar-refractivity contribution in [2.45, 2.75) is 45.6 Å². The molecule has 0 unspecified atom stereocenters. The molecule has 3 aromatic rings. The summed E-state index contributed by atoms with van der Waals surface area (Å²) in [4.78, 5) is 23.8. The Morgan fingerprint density at radius 3 is 2.42 bits per heavy atom. The van der Waals surface area contributed by atoms with E-state index in [2.05, 4.69) is 17.4 Å². The van der Waals surface area contributed by atoms with Crippen LogP contribution < -0.4 is 5.32 Å². The second kappa shape index (κ2) is 10.1. The Labute approximate surface area is 181 Å².